The second-order valence-electron chi connectivity index (χ2n) is 24.8. The summed E-state index contributed by atoms with van der Waals surface area (Å²) in [5, 5.41) is 0. The standard InChI is InChI=1S/C79H62N2/c1-78(2)69-35-18-15-32-60(69)66-45-59(38-39-70(66)78)81(58-30-13-6-14-31-58)75-48-73-67(46-63(75)51-22-7-3-8-23-51)61-33-16-19-36-71(61)79(73)72-37-20-17-34-62(72)68-47-64(52-24-21-25-53(43-52)77-55-41-50-40-54(44-55)65(77)42-50)76(49-74(68)79)80(56-26-9-4-10-27-56)57-28-11-5-12-29-57/h3-39,43,45-50,54-55,65,77H,40-42,44H2,1-2H3. The largest absolute Gasteiger partial charge is 0.310 e. The molecule has 0 heterocycles. The van der Waals surface area contributed by atoms with Gasteiger partial charge in [0.1, 0.15) is 0 Å². The van der Waals surface area contributed by atoms with E-state index >= 15 is 0 Å². The molecule has 4 bridgehead atoms. The fourth-order valence-electron chi connectivity index (χ4n) is 17.3. The minimum absolute atomic E-state index is 0.111. The van der Waals surface area contributed by atoms with Gasteiger partial charge in [0.25, 0.3) is 0 Å². The molecule has 11 aromatic carbocycles. The molecule has 7 aliphatic rings. The third-order valence-electron chi connectivity index (χ3n) is 20.4. The lowest BCUT2D eigenvalue weighted by Crippen LogP contribution is -2.27. The number of para-hydroxylation sites is 3. The molecule has 388 valence electrons. The van der Waals surface area contributed by atoms with Crippen LogP contribution in [0.2, 0.25) is 0 Å². The van der Waals surface area contributed by atoms with Gasteiger partial charge >= 0.3 is 0 Å². The lowest BCUT2D eigenvalue weighted by Gasteiger charge is -2.35. The van der Waals surface area contributed by atoms with Gasteiger partial charge in [-0.15, -0.1) is 0 Å². The Morgan fingerprint density at radius 1 is 0.309 bits per heavy atom. The summed E-state index contributed by atoms with van der Waals surface area (Å²) in [6, 6.07) is 99.6. The molecule has 0 N–H and O–H groups in total. The highest BCUT2D eigenvalue weighted by molar-refractivity contribution is 6.03. The average Bonchev–Trinajstić information content (AvgIpc) is 1.94. The molecule has 11 aromatic rings. The summed E-state index contributed by atoms with van der Waals surface area (Å²) in [5.74, 6) is 4.11. The molecule has 0 aromatic heterocycles. The third-order valence-corrected chi connectivity index (χ3v) is 20.4. The van der Waals surface area contributed by atoms with Crippen LogP contribution >= 0.6 is 0 Å². The van der Waals surface area contributed by atoms with E-state index in [0.717, 1.165) is 52.1 Å². The third kappa shape index (κ3) is 6.80. The fraction of sp³-hybridized carbons (Fsp3) is 0.165. The lowest BCUT2D eigenvalue weighted by atomic mass is 9.70. The van der Waals surface area contributed by atoms with Crippen molar-refractivity contribution in [3.8, 4) is 55.6 Å². The molecule has 0 aliphatic heterocycles. The minimum Gasteiger partial charge on any atom is -0.310 e. The maximum Gasteiger partial charge on any atom is 0.0727 e. The predicted molar refractivity (Wildman–Crippen MR) is 336 cm³/mol. The molecule has 2 nitrogen and oxygen atoms in total. The van der Waals surface area contributed by atoms with Crippen LogP contribution in [0.25, 0.3) is 55.6 Å². The van der Waals surface area contributed by atoms with E-state index in [1.54, 1.807) is 5.56 Å². The van der Waals surface area contributed by atoms with E-state index < -0.39 is 5.41 Å². The van der Waals surface area contributed by atoms with E-state index in [1.807, 2.05) is 0 Å². The first-order valence-corrected chi connectivity index (χ1v) is 29.6. The highest BCUT2D eigenvalue weighted by Gasteiger charge is 2.55. The summed E-state index contributed by atoms with van der Waals surface area (Å²) >= 11 is 0. The first kappa shape index (κ1) is 46.9. The quantitative estimate of drug-likeness (QED) is 0.142. The van der Waals surface area contributed by atoms with Gasteiger partial charge in [-0.2, -0.15) is 0 Å². The van der Waals surface area contributed by atoms with Gasteiger partial charge in [0.05, 0.1) is 16.8 Å². The summed E-state index contributed by atoms with van der Waals surface area (Å²) in [6.45, 7) is 4.75. The Kier molecular flexibility index (Phi) is 10.3. The van der Waals surface area contributed by atoms with Crippen LogP contribution in [0.3, 0.4) is 0 Å². The number of hydrogen-bond acceptors (Lipinski definition) is 2. The van der Waals surface area contributed by atoms with Crippen molar-refractivity contribution in [2.45, 2.75) is 56.3 Å². The molecule has 0 saturated heterocycles. The molecular weight excluding hydrogens is 977 g/mol. The van der Waals surface area contributed by atoms with Crippen LogP contribution in [0.15, 0.2) is 261 Å². The van der Waals surface area contributed by atoms with Gasteiger partial charge in [-0.05, 0) is 212 Å². The maximum atomic E-state index is 2.63. The summed E-state index contributed by atoms with van der Waals surface area (Å²) < 4.78 is 0. The molecule has 81 heavy (non-hydrogen) atoms. The molecule has 0 amide bonds. The normalized spacial score (nSPS) is 21.3. The monoisotopic (exact) mass is 1040 g/mol. The van der Waals surface area contributed by atoms with Crippen molar-refractivity contribution in [3.05, 3.63) is 300 Å². The van der Waals surface area contributed by atoms with Gasteiger partial charge in [0, 0.05) is 39.3 Å². The van der Waals surface area contributed by atoms with Crippen molar-refractivity contribution < 1.29 is 0 Å². The van der Waals surface area contributed by atoms with Gasteiger partial charge in [-0.1, -0.05) is 202 Å². The Bertz CT molecular complexity index is 4270. The summed E-state index contributed by atoms with van der Waals surface area (Å²) in [7, 11) is 0. The van der Waals surface area contributed by atoms with Crippen LogP contribution in [0.1, 0.15) is 84.4 Å². The van der Waals surface area contributed by atoms with Crippen LogP contribution in [-0.2, 0) is 10.8 Å². The lowest BCUT2D eigenvalue weighted by molar-refractivity contribution is 0.249. The average molecular weight is 1040 g/mol. The van der Waals surface area contributed by atoms with Crippen molar-refractivity contribution in [1.82, 2.24) is 0 Å². The summed E-state index contributed by atoms with van der Waals surface area (Å²) in [4.78, 5) is 5.08. The van der Waals surface area contributed by atoms with Gasteiger partial charge in [-0.3, -0.25) is 0 Å². The number of rotatable bonds is 9. The molecule has 0 radical (unpaired) electrons. The van der Waals surface area contributed by atoms with E-state index in [-0.39, 0.29) is 5.41 Å². The number of fused-ring (bicyclic) bond motifs is 13. The zero-order valence-electron chi connectivity index (χ0n) is 45.9. The van der Waals surface area contributed by atoms with Gasteiger partial charge in [-0.25, -0.2) is 0 Å². The van der Waals surface area contributed by atoms with E-state index in [9.17, 15) is 0 Å². The zero-order valence-corrected chi connectivity index (χ0v) is 45.9. The fourth-order valence-corrected chi connectivity index (χ4v) is 17.3. The van der Waals surface area contributed by atoms with Crippen molar-refractivity contribution in [1.29, 1.82) is 0 Å². The Labute approximate surface area is 476 Å². The highest BCUT2D eigenvalue weighted by atomic mass is 15.2. The Morgan fingerprint density at radius 2 is 0.765 bits per heavy atom. The first-order valence-electron chi connectivity index (χ1n) is 29.6. The molecule has 4 saturated carbocycles. The first-order chi connectivity index (χ1) is 39.9. The minimum atomic E-state index is -0.665. The zero-order chi connectivity index (χ0) is 53.6. The smallest absolute Gasteiger partial charge is 0.0727 e. The second-order valence-corrected chi connectivity index (χ2v) is 24.8. The van der Waals surface area contributed by atoms with E-state index in [0.29, 0.717) is 5.92 Å². The van der Waals surface area contributed by atoms with E-state index in [4.69, 9.17) is 0 Å². The number of benzene rings is 11. The topological polar surface area (TPSA) is 6.48 Å². The molecule has 6 unspecified atom stereocenters. The van der Waals surface area contributed by atoms with Gasteiger partial charge < -0.3 is 9.80 Å². The van der Waals surface area contributed by atoms with Crippen molar-refractivity contribution in [3.63, 3.8) is 0 Å². The molecule has 2 heteroatoms. The SMILES string of the molecule is CC1(C)c2ccccc2-c2cc(N(c3ccccc3)c3cc4c(cc3-c3ccccc3)-c3ccccc3C43c4ccccc4-c4cc(-c5cccc(C6C7CC8CC(C7)C6C8)c5)c(N(c5ccccc5)c5ccccc5)cc43)ccc21. The predicted octanol–water partition coefficient (Wildman–Crippen LogP) is 20.8. The summed E-state index contributed by atoms with van der Waals surface area (Å²) in [5.41, 5.74) is 28.3. The van der Waals surface area contributed by atoms with E-state index in [1.165, 1.54) is 120 Å². The number of nitrogens with zero attached hydrogens (tertiary/aromatic N) is 2. The molecule has 1 spiro atoms. The Balaban J connectivity index is 0.952. The molecule has 7 aliphatic carbocycles. The van der Waals surface area contributed by atoms with Crippen molar-refractivity contribution >= 4 is 34.1 Å². The highest BCUT2D eigenvalue weighted by Crippen LogP contribution is 2.67. The summed E-state index contributed by atoms with van der Waals surface area (Å²) in [6.07, 6.45) is 5.68. The second kappa shape index (κ2) is 17.8. The number of anilines is 6. The maximum absolute atomic E-state index is 2.63. The van der Waals surface area contributed by atoms with Crippen LogP contribution in [-0.4, -0.2) is 0 Å². The molecular formula is C79H62N2. The Hall–Kier alpha value is -8.98. The van der Waals surface area contributed by atoms with Crippen LogP contribution in [0.5, 0.6) is 0 Å². The van der Waals surface area contributed by atoms with Crippen LogP contribution in [0.4, 0.5) is 34.1 Å². The van der Waals surface area contributed by atoms with Gasteiger partial charge in [0.2, 0.25) is 0 Å². The van der Waals surface area contributed by atoms with Gasteiger partial charge in [0.15, 0.2) is 0 Å². The van der Waals surface area contributed by atoms with Crippen LogP contribution < -0.4 is 9.80 Å². The van der Waals surface area contributed by atoms with Crippen molar-refractivity contribution in [2.24, 2.45) is 23.7 Å². The van der Waals surface area contributed by atoms with Crippen LogP contribution in [0, 0.1) is 23.7 Å². The number of hydrogen-bond donors (Lipinski definition) is 0. The molecule has 6 atom stereocenters. The molecule has 4 fully saturated rings. The molecule has 18 rings (SSSR count). The van der Waals surface area contributed by atoms with Crippen molar-refractivity contribution in [2.75, 3.05) is 9.80 Å². The van der Waals surface area contributed by atoms with E-state index in [2.05, 4.69) is 285 Å². The Morgan fingerprint density at radius 3 is 1.35 bits per heavy atom.